The van der Waals surface area contributed by atoms with E-state index < -0.39 is 66.6 Å². The molecule has 3 N–H and O–H groups in total. The number of hydrogen-bond acceptors (Lipinski definition) is 7. The monoisotopic (exact) mass is 733 g/mol. The van der Waals surface area contributed by atoms with Crippen LogP contribution in [0.15, 0.2) is 61.2 Å². The average Bonchev–Trinajstić information content (AvgIpc) is 3.45. The van der Waals surface area contributed by atoms with E-state index in [0.717, 1.165) is 15.9 Å². The summed E-state index contributed by atoms with van der Waals surface area (Å²) in [5.41, 5.74) is -0.350. The zero-order valence-electron chi connectivity index (χ0n) is 27.5. The number of guanidine groups is 1. The van der Waals surface area contributed by atoms with Crippen molar-refractivity contribution >= 4 is 29.6 Å². The first-order valence-corrected chi connectivity index (χ1v) is 16.1. The van der Waals surface area contributed by atoms with E-state index in [1.165, 1.54) is 30.6 Å². The second kappa shape index (κ2) is 13.6. The number of nitrogens with one attached hydrogen (secondary N) is 3. The fourth-order valence-corrected chi connectivity index (χ4v) is 6.34. The Morgan fingerprint density at radius 1 is 1.14 bits per heavy atom. The van der Waals surface area contributed by atoms with Crippen LogP contribution < -0.4 is 10.6 Å². The molecule has 2 fully saturated rings. The first kappa shape index (κ1) is 35.8. The van der Waals surface area contributed by atoms with Crippen molar-refractivity contribution in [2.24, 2.45) is 5.41 Å². The normalized spacial score (nSPS) is 21.0. The molecule has 0 bridgehead atoms. The van der Waals surface area contributed by atoms with Crippen molar-refractivity contribution in [2.45, 2.75) is 70.4 Å². The van der Waals surface area contributed by atoms with Gasteiger partial charge in [0.25, 0.3) is 12.3 Å². The summed E-state index contributed by atoms with van der Waals surface area (Å²) in [6.45, 7) is 2.39. The zero-order valence-corrected chi connectivity index (χ0v) is 28.2. The van der Waals surface area contributed by atoms with Crippen molar-refractivity contribution in [1.82, 2.24) is 40.1 Å². The molecule has 18 heteroatoms. The molecule has 4 atom stereocenters. The van der Waals surface area contributed by atoms with Crippen LogP contribution in [0.2, 0.25) is 5.02 Å². The van der Waals surface area contributed by atoms with Gasteiger partial charge in [0.2, 0.25) is 0 Å². The molecule has 1 saturated carbocycles. The zero-order chi connectivity index (χ0) is 36.8. The van der Waals surface area contributed by atoms with E-state index in [1.54, 1.807) is 24.3 Å². The number of halogens is 6. The van der Waals surface area contributed by atoms with Crippen LogP contribution in [0.3, 0.4) is 0 Å². The highest BCUT2D eigenvalue weighted by atomic mass is 35.5. The van der Waals surface area contributed by atoms with Crippen molar-refractivity contribution in [2.75, 3.05) is 6.61 Å². The lowest BCUT2D eigenvalue weighted by molar-refractivity contribution is -0.134. The molecular formula is C33H33ClF5N9O3. The molecule has 6 rings (SSSR count). The topological polar surface area (TPSA) is 143 Å². The molecule has 0 spiro atoms. The predicted octanol–water partition coefficient (Wildman–Crippen LogP) is 6.69. The van der Waals surface area contributed by atoms with Crippen molar-refractivity contribution in [3.05, 3.63) is 83.2 Å². The lowest BCUT2D eigenvalue weighted by Gasteiger charge is -2.35. The van der Waals surface area contributed by atoms with Gasteiger partial charge < -0.3 is 15.4 Å². The van der Waals surface area contributed by atoms with Gasteiger partial charge in [-0.1, -0.05) is 62.7 Å². The number of aromatic nitrogens is 5. The maximum atomic E-state index is 14.8. The van der Waals surface area contributed by atoms with Crippen LogP contribution in [0.5, 0.6) is 0 Å². The summed E-state index contributed by atoms with van der Waals surface area (Å²) in [6.07, 6.45) is -1.42. The summed E-state index contributed by atoms with van der Waals surface area (Å²) < 4.78 is 74.2. The van der Waals surface area contributed by atoms with E-state index in [1.807, 2.05) is 20.8 Å². The fourth-order valence-electron chi connectivity index (χ4n) is 6.14. The molecule has 3 heterocycles. The minimum absolute atomic E-state index is 0.00693. The molecule has 12 nitrogen and oxygen atoms in total. The Morgan fingerprint density at radius 2 is 1.84 bits per heavy atom. The average molecular weight is 734 g/mol. The number of amides is 2. The Labute approximate surface area is 293 Å². The number of carbonyl (C=O) groups excluding carboxylic acids is 2. The lowest BCUT2D eigenvalue weighted by atomic mass is 9.75. The van der Waals surface area contributed by atoms with Gasteiger partial charge in [0.1, 0.15) is 24.6 Å². The molecule has 51 heavy (non-hydrogen) atoms. The molecule has 2 aromatic heterocycles. The van der Waals surface area contributed by atoms with E-state index in [9.17, 15) is 31.5 Å². The van der Waals surface area contributed by atoms with Gasteiger partial charge in [-0.05, 0) is 40.7 Å². The third-order valence-corrected chi connectivity index (χ3v) is 8.84. The largest absolute Gasteiger partial charge is 0.447 e. The van der Waals surface area contributed by atoms with Crippen LogP contribution in [0.4, 0.5) is 26.7 Å². The van der Waals surface area contributed by atoms with E-state index in [0.29, 0.717) is 21.4 Å². The van der Waals surface area contributed by atoms with Gasteiger partial charge in [-0.15, -0.1) is 0 Å². The number of hydrogen-bond donors (Lipinski definition) is 3. The fraction of sp³-hybridized carbons (Fsp3) is 0.394. The van der Waals surface area contributed by atoms with Gasteiger partial charge in [0.05, 0.1) is 29.0 Å². The Hall–Kier alpha value is -5.06. The molecule has 2 amide bonds. The summed E-state index contributed by atoms with van der Waals surface area (Å²) in [6, 6.07) is 8.96. The molecule has 2 aliphatic rings. The number of benzene rings is 2. The number of alkyl carbamates (subject to hydrolysis) is 1. The number of nitrogens with zero attached hydrogens (tertiary/aromatic N) is 6. The Balaban J connectivity index is 1.39. The molecule has 0 unspecified atom stereocenters. The molecule has 1 aliphatic heterocycles. The van der Waals surface area contributed by atoms with E-state index >= 15 is 0 Å². The standard InChI is InChI=1S/C33H33ClF5N9O3/c1-32(2,3)15-33(20-7-4-17(5-8-20)19-12-42-46(13-19)29(38)39)28(49)47(30(40)45-33)25(14-51-31(50)44-23-11-22(23)35)18-6-9-21(34)24(10-18)48-27(26(36)37)41-16-43-48/h4-10,12-13,16,22-23,25-26,29H,11,14-15H2,1-3H3,(H2,40,45)(H,44,50)/t22-,23-,25-,33-/m1/s1. The van der Waals surface area contributed by atoms with E-state index in [-0.39, 0.29) is 35.1 Å². The third-order valence-electron chi connectivity index (χ3n) is 8.52. The van der Waals surface area contributed by atoms with Crippen LogP contribution in [0, 0.1) is 10.8 Å². The molecular weight excluding hydrogens is 701 g/mol. The number of ether oxygens (including phenoxy) is 1. The van der Waals surface area contributed by atoms with Crippen LogP contribution in [0.1, 0.15) is 69.6 Å². The van der Waals surface area contributed by atoms with Gasteiger partial charge >= 0.3 is 12.6 Å². The van der Waals surface area contributed by atoms with Gasteiger partial charge in [0, 0.05) is 18.2 Å². The Kier molecular flexibility index (Phi) is 9.52. The summed E-state index contributed by atoms with van der Waals surface area (Å²) in [4.78, 5) is 32.2. The predicted molar refractivity (Wildman–Crippen MR) is 174 cm³/mol. The molecule has 0 radical (unpaired) electrons. The number of carbonyl (C=O) groups is 2. The van der Waals surface area contributed by atoms with Gasteiger partial charge in [0.15, 0.2) is 11.8 Å². The highest BCUT2D eigenvalue weighted by Crippen LogP contribution is 2.43. The number of rotatable bonds is 11. The Bertz CT molecular complexity index is 1950. The summed E-state index contributed by atoms with van der Waals surface area (Å²) >= 11 is 6.42. The van der Waals surface area contributed by atoms with Crippen molar-refractivity contribution in [1.29, 1.82) is 5.41 Å². The van der Waals surface area contributed by atoms with Crippen LogP contribution in [0.25, 0.3) is 16.8 Å². The maximum absolute atomic E-state index is 14.8. The van der Waals surface area contributed by atoms with Crippen LogP contribution in [-0.4, -0.2) is 66.2 Å². The van der Waals surface area contributed by atoms with Gasteiger partial charge in [-0.25, -0.2) is 32.3 Å². The first-order chi connectivity index (χ1) is 24.1. The minimum Gasteiger partial charge on any atom is -0.447 e. The minimum atomic E-state index is -3.00. The molecule has 4 aromatic rings. The van der Waals surface area contributed by atoms with E-state index in [2.05, 4.69) is 25.8 Å². The highest BCUT2D eigenvalue weighted by molar-refractivity contribution is 6.32. The second-order valence-electron chi connectivity index (χ2n) is 13.5. The highest BCUT2D eigenvalue weighted by Gasteiger charge is 2.54. The smallest absolute Gasteiger partial charge is 0.407 e. The SMILES string of the molecule is CC(C)(C)C[C@]1(c2ccc(-c3cnn(C(F)F)c3)cc2)NC(=N)N([C@H](COC(=O)N[C@@H]2C[C@H]2F)c2ccc(Cl)c(-n3ncnc3C(F)F)c2)C1=O. The van der Waals surface area contributed by atoms with Crippen molar-refractivity contribution in [3.63, 3.8) is 0 Å². The summed E-state index contributed by atoms with van der Waals surface area (Å²) in [7, 11) is 0. The molecule has 1 aliphatic carbocycles. The van der Waals surface area contributed by atoms with Crippen molar-refractivity contribution < 1.29 is 36.3 Å². The summed E-state index contributed by atoms with van der Waals surface area (Å²) in [5.74, 6) is -1.63. The van der Waals surface area contributed by atoms with Crippen LogP contribution >= 0.6 is 11.6 Å². The van der Waals surface area contributed by atoms with Gasteiger partial charge in [-0.2, -0.15) is 19.0 Å². The van der Waals surface area contributed by atoms with Crippen molar-refractivity contribution in [3.8, 4) is 16.8 Å². The maximum Gasteiger partial charge on any atom is 0.407 e. The molecule has 270 valence electrons. The van der Waals surface area contributed by atoms with Gasteiger partial charge in [-0.3, -0.25) is 15.1 Å². The first-order valence-electron chi connectivity index (χ1n) is 15.8. The lowest BCUT2D eigenvalue weighted by Crippen LogP contribution is -2.47. The summed E-state index contributed by atoms with van der Waals surface area (Å²) in [5, 5.41) is 22.1. The van der Waals surface area contributed by atoms with E-state index in [4.69, 9.17) is 21.7 Å². The Morgan fingerprint density at radius 3 is 2.45 bits per heavy atom. The quantitative estimate of drug-likeness (QED) is 0.146. The third kappa shape index (κ3) is 7.25. The molecule has 1 saturated heterocycles. The molecule has 2 aromatic carbocycles. The number of alkyl halides is 5. The second-order valence-corrected chi connectivity index (χ2v) is 13.9. The van der Waals surface area contributed by atoms with Crippen LogP contribution in [-0.2, 0) is 15.1 Å².